The molecule has 8 atom stereocenters. The number of aryl methyl sites for hydroxylation is 4. The molecule has 0 saturated carbocycles. The van der Waals surface area contributed by atoms with E-state index in [9.17, 15) is 20.4 Å². The summed E-state index contributed by atoms with van der Waals surface area (Å²) in [6, 6.07) is 59.5. The molecule has 4 aliphatic carbocycles. The summed E-state index contributed by atoms with van der Waals surface area (Å²) in [6.45, 7) is 11.2. The van der Waals surface area contributed by atoms with Gasteiger partial charge in [0, 0.05) is 174 Å². The van der Waals surface area contributed by atoms with Crippen LogP contribution in [0, 0.1) is 0 Å². The quantitative estimate of drug-likeness (QED) is 0.0239. The number of hydrogen-bond donors (Lipinski definition) is 8. The molecule has 24 heteroatoms. The van der Waals surface area contributed by atoms with Gasteiger partial charge in [-0.15, -0.1) is 5.10 Å². The summed E-state index contributed by atoms with van der Waals surface area (Å²) < 4.78 is 34.6. The number of aromatic nitrogens is 7. The molecule has 6 aliphatic rings. The number of hydrogen-bond acceptors (Lipinski definition) is 15. The summed E-state index contributed by atoms with van der Waals surface area (Å²) in [5.74, 6) is 4.74. The van der Waals surface area contributed by atoms with Gasteiger partial charge in [-0.25, -0.2) is 4.68 Å². The van der Waals surface area contributed by atoms with Gasteiger partial charge in [0.25, 0.3) is 0 Å². The van der Waals surface area contributed by atoms with Crippen molar-refractivity contribution in [2.24, 2.45) is 0 Å². The molecular weight excluding hydrogens is 1820 g/mol. The Balaban J connectivity index is 0.000000122. The predicted octanol–water partition coefficient (Wildman–Crippen LogP) is 19.2. The molecule has 2 fully saturated rings. The van der Waals surface area contributed by atoms with Crippen LogP contribution in [0.3, 0.4) is 0 Å². The van der Waals surface area contributed by atoms with Crippen LogP contribution in [-0.2, 0) is 37.0 Å². The van der Waals surface area contributed by atoms with Crippen molar-refractivity contribution in [3.05, 3.63) is 267 Å². The number of β-amino-alcohol motifs (C(OH)–C–C–N with tert-alkyl or cyclic N) is 2. The molecule has 8 aromatic carbocycles. The number of ether oxygens (including phenoxy) is 5. The van der Waals surface area contributed by atoms with Gasteiger partial charge in [-0.05, 0) is 283 Å². The molecule has 8 unspecified atom stereocenters. The number of H-pyrrole nitrogens is 4. The number of benzene rings is 8. The van der Waals surface area contributed by atoms with Crippen LogP contribution in [0.4, 0.5) is 0 Å². The van der Waals surface area contributed by atoms with Gasteiger partial charge in [0.1, 0.15) is 73.8 Å². The van der Waals surface area contributed by atoms with E-state index >= 15 is 0 Å². The Bertz CT molecular complexity index is 5590. The van der Waals surface area contributed by atoms with E-state index in [1.165, 1.54) is 156 Å². The molecule has 20 nitrogen and oxygen atoms in total. The first-order valence-electron chi connectivity index (χ1n) is 44.4. The van der Waals surface area contributed by atoms with Gasteiger partial charge >= 0.3 is 0 Å². The lowest BCUT2D eigenvalue weighted by Gasteiger charge is -2.33. The number of aromatic amines is 4. The van der Waals surface area contributed by atoms with Crippen LogP contribution in [-0.4, -0.2) is 219 Å². The zero-order valence-corrected chi connectivity index (χ0v) is 77.7. The maximum Gasteiger partial charge on any atom is 0.119 e. The monoisotopic (exact) mass is 1930 g/mol. The largest absolute Gasteiger partial charge is 0.491 e. The molecule has 7 heterocycles. The van der Waals surface area contributed by atoms with Crippen LogP contribution < -0.4 is 18.9 Å². The molecule has 19 rings (SSSR count). The predicted molar refractivity (Wildman–Crippen MR) is 509 cm³/mol. The van der Waals surface area contributed by atoms with Crippen molar-refractivity contribution in [1.29, 1.82) is 0 Å². The molecule has 654 valence electrons. The number of piperidine rings is 1. The summed E-state index contributed by atoms with van der Waals surface area (Å²) in [5, 5.41) is 54.0. The molecule has 2 aliphatic heterocycles. The average Bonchev–Trinajstić information content (AvgIpc) is 1.64. The first-order valence-corrected chi connectivity index (χ1v) is 47.6. The summed E-state index contributed by atoms with van der Waals surface area (Å²) in [6.07, 6.45) is 18.9. The number of fused-ring (bicyclic) bond motifs is 12. The van der Waals surface area contributed by atoms with Gasteiger partial charge in [0.2, 0.25) is 0 Å². The first kappa shape index (κ1) is 89.2. The summed E-state index contributed by atoms with van der Waals surface area (Å²) in [4.78, 5) is 23.8. The maximum absolute atomic E-state index is 10.4. The molecule has 5 aromatic heterocycles. The molecule has 2 saturated heterocycles. The highest BCUT2D eigenvalue weighted by atomic mass is 79.9. The van der Waals surface area contributed by atoms with Gasteiger partial charge < -0.3 is 78.7 Å². The molecule has 124 heavy (non-hydrogen) atoms. The first-order chi connectivity index (χ1) is 60.4. The van der Waals surface area contributed by atoms with Crippen LogP contribution >= 0.6 is 63.7 Å². The van der Waals surface area contributed by atoms with E-state index in [1.807, 2.05) is 48.3 Å². The van der Waals surface area contributed by atoms with E-state index in [0.29, 0.717) is 69.7 Å². The van der Waals surface area contributed by atoms with Gasteiger partial charge in [0.15, 0.2) is 0 Å². The highest BCUT2D eigenvalue weighted by Crippen LogP contribution is 2.46. The van der Waals surface area contributed by atoms with E-state index in [0.717, 1.165) is 138 Å². The molecule has 0 spiro atoms. The second-order valence-corrected chi connectivity index (χ2v) is 38.3. The number of aliphatic hydroxyl groups excluding tert-OH is 4. The molecular formula is C100H117Br4N11O9. The third-order valence-corrected chi connectivity index (χ3v) is 27.6. The SMILES string of the molecule is CN1CCN(CC(O)COc2ccc(C3CCCc4c3[nH]c3ccc(Br)cc43)cc2)CC1.COCCN(C)CC(O)COc1ccc(C2CCCc3c2[nH]c2ccc(Br)cc32)cc1.OC(COc1ccc(C2CCCc3c2[nH]c2ccc(Br)cc32)cc1)CN1CCCCC1.OC(COc1ccc(C2CCCc3c2[nH]c2ccc(Br)cc32)cc1)Cn1ccnn1. The van der Waals surface area contributed by atoms with Crippen LogP contribution in [0.15, 0.2) is 200 Å². The number of rotatable bonds is 27. The average molecular weight is 1940 g/mol. The lowest BCUT2D eigenvalue weighted by atomic mass is 9.82. The topological polar surface area (TPSA) is 234 Å². The van der Waals surface area contributed by atoms with Gasteiger partial charge in [-0.1, -0.05) is 124 Å². The second kappa shape index (κ2) is 42.6. The van der Waals surface area contributed by atoms with Crippen LogP contribution in [0.1, 0.15) is 162 Å². The van der Waals surface area contributed by atoms with Crippen molar-refractivity contribution in [3.8, 4) is 23.0 Å². The number of aliphatic hydroxyl groups is 4. The molecule has 0 amide bonds. The number of piperazine rings is 1. The summed E-state index contributed by atoms with van der Waals surface area (Å²) in [5.41, 5.74) is 21.3. The number of halogens is 4. The molecule has 0 radical (unpaired) electrons. The van der Waals surface area contributed by atoms with Gasteiger partial charge in [-0.3, -0.25) is 4.90 Å². The van der Waals surface area contributed by atoms with Crippen molar-refractivity contribution in [2.75, 3.05) is 120 Å². The van der Waals surface area contributed by atoms with Crippen molar-refractivity contribution >= 4 is 107 Å². The fourth-order valence-electron chi connectivity index (χ4n) is 19.3. The summed E-state index contributed by atoms with van der Waals surface area (Å²) in [7, 11) is 5.80. The van der Waals surface area contributed by atoms with Crippen molar-refractivity contribution in [1.82, 2.24) is 54.5 Å². The minimum absolute atomic E-state index is 0.212. The van der Waals surface area contributed by atoms with E-state index < -0.39 is 24.4 Å². The number of methoxy groups -OCH3 is 1. The Labute approximate surface area is 761 Å². The fourth-order valence-corrected chi connectivity index (χ4v) is 20.7. The van der Waals surface area contributed by atoms with Gasteiger partial charge in [0.05, 0.1) is 19.3 Å². The van der Waals surface area contributed by atoms with E-state index in [2.05, 4.69) is 249 Å². The number of likely N-dealkylation sites (tertiary alicyclic amines) is 1. The third kappa shape index (κ3) is 22.7. The number of nitrogens with zero attached hydrogens (tertiary/aromatic N) is 7. The van der Waals surface area contributed by atoms with Crippen molar-refractivity contribution in [2.45, 2.75) is 151 Å². The van der Waals surface area contributed by atoms with Crippen molar-refractivity contribution in [3.63, 3.8) is 0 Å². The number of likely N-dealkylation sites (N-methyl/N-ethyl adjacent to an activating group) is 2. The Morgan fingerprint density at radius 1 is 0.403 bits per heavy atom. The second-order valence-electron chi connectivity index (χ2n) is 34.6. The van der Waals surface area contributed by atoms with E-state index in [1.54, 1.807) is 24.2 Å². The lowest BCUT2D eigenvalue weighted by molar-refractivity contribution is 0.0505. The van der Waals surface area contributed by atoms with Gasteiger partial charge in [-0.2, -0.15) is 0 Å². The maximum atomic E-state index is 10.4. The Hall–Kier alpha value is -8.18. The summed E-state index contributed by atoms with van der Waals surface area (Å²) >= 11 is 14.4. The Morgan fingerprint density at radius 3 is 1.05 bits per heavy atom. The molecule has 8 N–H and O–H groups in total. The Kier molecular flexibility index (Phi) is 30.7. The normalized spacial score (nSPS) is 18.9. The van der Waals surface area contributed by atoms with E-state index in [-0.39, 0.29) is 13.2 Å². The standard InChI is InChI=1S/C26H32BrN3O2.C26H31BrN2O2.C25H31BrN2O3.C23H23BrN4O2/c1-29-11-13-30(14-12-29)16-20(31)17-32-21-8-5-18(6-9-21)22-3-2-4-23-24-15-19(27)7-10-25(24)28-26(22)23;27-19-9-12-25-24(15-19)23-6-4-5-22(26(23)28-25)18-7-10-21(11-8-18)31-17-20(30)16-29-13-2-1-3-14-29;1-28(12-13-30-2)15-19(29)16-31-20-9-6-17(7-10-20)21-4-3-5-22-23-14-18(26)8-11-24(23)27-25(21)22;24-16-6-9-22-21(12-16)20-3-1-2-19(23(20)26-22)15-4-7-18(8-5-15)30-14-17(29)13-28-11-10-25-27-28/h5-10,15,20,22,28,31H,2-4,11-14,16-17H2,1H3;7-12,15,20,22,28,30H,1-6,13-14,16-17H2;6-11,14,19,21,27,29H,3-5,12-13,15-16H2,1-2H3;4-12,17,19,26,29H,1-3,13-14H2. The van der Waals surface area contributed by atoms with Crippen LogP contribution in [0.5, 0.6) is 23.0 Å². The smallest absolute Gasteiger partial charge is 0.119 e. The minimum atomic E-state index is -0.641. The highest BCUT2D eigenvalue weighted by Gasteiger charge is 2.32. The molecule has 0 bridgehead atoms. The third-order valence-electron chi connectivity index (χ3n) is 25.6. The van der Waals surface area contributed by atoms with Crippen LogP contribution in [0.2, 0.25) is 0 Å². The zero-order valence-electron chi connectivity index (χ0n) is 71.3. The zero-order chi connectivity index (χ0) is 85.6. The highest BCUT2D eigenvalue weighted by molar-refractivity contribution is 9.11. The number of nitrogens with one attached hydrogen (secondary N) is 4. The Morgan fingerprint density at radius 2 is 0.726 bits per heavy atom. The minimum Gasteiger partial charge on any atom is -0.491 e. The lowest BCUT2D eigenvalue weighted by Crippen LogP contribution is -2.47. The fraction of sp³-hybridized carbons (Fsp3) is 0.420. The van der Waals surface area contributed by atoms with Crippen LogP contribution in [0.25, 0.3) is 43.6 Å². The van der Waals surface area contributed by atoms with Crippen molar-refractivity contribution < 1.29 is 44.1 Å². The van der Waals surface area contributed by atoms with E-state index in [4.69, 9.17) is 23.7 Å². The molecule has 13 aromatic rings.